The summed E-state index contributed by atoms with van der Waals surface area (Å²) in [5, 5.41) is 3.87. The third-order valence-corrected chi connectivity index (χ3v) is 4.93. The van der Waals surface area contributed by atoms with Crippen molar-refractivity contribution in [1.82, 2.24) is 25.3 Å². The lowest BCUT2D eigenvalue weighted by Gasteiger charge is -2.01. The van der Waals surface area contributed by atoms with Gasteiger partial charge in [0.15, 0.2) is 0 Å². The Morgan fingerprint density at radius 1 is 1.07 bits per heavy atom. The van der Waals surface area contributed by atoms with Gasteiger partial charge in [0.1, 0.15) is 11.5 Å². The smallest absolute Gasteiger partial charge is 0.244 e. The number of amides is 1. The number of hydrogen-bond donors (Lipinski definition) is 3. The SMILES string of the molecule is O=C(/C=C/c1cnc2[nH]cc(-c3ccccc3)c2c1)NCc1nc2ccccc2[nH]1. The summed E-state index contributed by atoms with van der Waals surface area (Å²) < 4.78 is 0. The highest BCUT2D eigenvalue weighted by Crippen LogP contribution is 2.28. The molecule has 5 aromatic rings. The molecule has 3 aromatic heterocycles. The van der Waals surface area contributed by atoms with Crippen LogP contribution < -0.4 is 5.32 Å². The van der Waals surface area contributed by atoms with Crippen LogP contribution in [0.5, 0.6) is 0 Å². The molecule has 0 radical (unpaired) electrons. The van der Waals surface area contributed by atoms with E-state index in [9.17, 15) is 4.79 Å². The second kappa shape index (κ2) is 7.67. The van der Waals surface area contributed by atoms with Crippen LogP contribution in [0.25, 0.3) is 39.3 Å². The van der Waals surface area contributed by atoms with Crippen molar-refractivity contribution in [2.75, 3.05) is 0 Å². The Hall–Kier alpha value is -4.19. The zero-order valence-electron chi connectivity index (χ0n) is 16.1. The summed E-state index contributed by atoms with van der Waals surface area (Å²) in [4.78, 5) is 27.6. The first-order valence-electron chi connectivity index (χ1n) is 9.68. The van der Waals surface area contributed by atoms with Crippen LogP contribution in [0.1, 0.15) is 11.4 Å². The van der Waals surface area contributed by atoms with Crippen molar-refractivity contribution in [2.45, 2.75) is 6.54 Å². The number of aromatic nitrogens is 4. The third-order valence-electron chi connectivity index (χ3n) is 4.93. The molecule has 0 spiro atoms. The molecule has 0 saturated carbocycles. The predicted octanol–water partition coefficient (Wildman–Crippen LogP) is 4.44. The average Bonchev–Trinajstić information content (AvgIpc) is 3.40. The molecule has 6 nitrogen and oxygen atoms in total. The van der Waals surface area contributed by atoms with Crippen molar-refractivity contribution in [3.05, 3.63) is 90.5 Å². The van der Waals surface area contributed by atoms with E-state index in [1.807, 2.05) is 54.7 Å². The van der Waals surface area contributed by atoms with Crippen molar-refractivity contribution < 1.29 is 4.79 Å². The average molecular weight is 393 g/mol. The number of benzene rings is 2. The van der Waals surface area contributed by atoms with Crippen molar-refractivity contribution in [1.29, 1.82) is 0 Å². The molecule has 146 valence electrons. The van der Waals surface area contributed by atoms with Gasteiger partial charge in [0.25, 0.3) is 0 Å². The van der Waals surface area contributed by atoms with Gasteiger partial charge in [0.05, 0.1) is 17.6 Å². The topological polar surface area (TPSA) is 86.5 Å². The van der Waals surface area contributed by atoms with Crippen molar-refractivity contribution in [2.24, 2.45) is 0 Å². The summed E-state index contributed by atoms with van der Waals surface area (Å²) in [5.74, 6) is 0.536. The standard InChI is InChI=1S/C24H19N5O/c30-23(25-15-22-28-20-8-4-5-9-21(20)29-22)11-10-16-12-18-19(14-27-24(18)26-13-16)17-6-2-1-3-7-17/h1-14H,15H2,(H,25,30)(H,26,27)(H,28,29)/b11-10+. The molecule has 0 bridgehead atoms. The molecule has 0 fully saturated rings. The van der Waals surface area contributed by atoms with Gasteiger partial charge in [-0.3, -0.25) is 4.79 Å². The Kier molecular flexibility index (Phi) is 4.57. The summed E-state index contributed by atoms with van der Waals surface area (Å²) in [6.45, 7) is 0.338. The normalized spacial score (nSPS) is 11.5. The van der Waals surface area contributed by atoms with E-state index in [-0.39, 0.29) is 5.91 Å². The van der Waals surface area contributed by atoms with Crippen LogP contribution in [0.2, 0.25) is 0 Å². The summed E-state index contributed by atoms with van der Waals surface area (Å²) >= 11 is 0. The van der Waals surface area contributed by atoms with E-state index >= 15 is 0 Å². The molecule has 0 aliphatic carbocycles. The minimum absolute atomic E-state index is 0.187. The molecule has 0 aliphatic heterocycles. The number of hydrogen-bond acceptors (Lipinski definition) is 3. The maximum Gasteiger partial charge on any atom is 0.244 e. The summed E-state index contributed by atoms with van der Waals surface area (Å²) in [5.41, 5.74) is 5.73. The predicted molar refractivity (Wildman–Crippen MR) is 119 cm³/mol. The molecule has 6 heteroatoms. The summed E-state index contributed by atoms with van der Waals surface area (Å²) in [6, 6.07) is 20.0. The molecule has 0 unspecified atom stereocenters. The van der Waals surface area contributed by atoms with Gasteiger partial charge in [-0.1, -0.05) is 42.5 Å². The molecule has 5 rings (SSSR count). The number of fused-ring (bicyclic) bond motifs is 2. The maximum atomic E-state index is 12.2. The molecule has 1 amide bonds. The minimum atomic E-state index is -0.187. The lowest BCUT2D eigenvalue weighted by atomic mass is 10.1. The van der Waals surface area contributed by atoms with Gasteiger partial charge < -0.3 is 15.3 Å². The Balaban J connectivity index is 1.30. The van der Waals surface area contributed by atoms with Gasteiger partial charge in [0.2, 0.25) is 5.91 Å². The van der Waals surface area contributed by atoms with Gasteiger partial charge >= 0.3 is 0 Å². The van der Waals surface area contributed by atoms with Crippen molar-refractivity contribution in [3.8, 4) is 11.1 Å². The fraction of sp³-hybridized carbons (Fsp3) is 0.0417. The number of carbonyl (C=O) groups excluding carboxylic acids is 1. The lowest BCUT2D eigenvalue weighted by Crippen LogP contribution is -2.20. The zero-order chi connectivity index (χ0) is 20.3. The van der Waals surface area contributed by atoms with Crippen LogP contribution >= 0.6 is 0 Å². The molecular weight excluding hydrogens is 374 g/mol. The summed E-state index contributed by atoms with van der Waals surface area (Å²) in [7, 11) is 0. The first kappa shape index (κ1) is 17.9. The Morgan fingerprint density at radius 2 is 1.90 bits per heavy atom. The fourth-order valence-corrected chi connectivity index (χ4v) is 3.46. The maximum absolute atomic E-state index is 12.2. The lowest BCUT2D eigenvalue weighted by molar-refractivity contribution is -0.116. The van der Waals surface area contributed by atoms with Crippen LogP contribution in [0.4, 0.5) is 0 Å². The largest absolute Gasteiger partial charge is 0.346 e. The van der Waals surface area contributed by atoms with E-state index in [2.05, 4.69) is 37.4 Å². The van der Waals surface area contributed by atoms with Crippen LogP contribution in [-0.4, -0.2) is 25.8 Å². The first-order valence-corrected chi connectivity index (χ1v) is 9.68. The Morgan fingerprint density at radius 3 is 2.77 bits per heavy atom. The monoisotopic (exact) mass is 393 g/mol. The van der Waals surface area contributed by atoms with E-state index < -0.39 is 0 Å². The van der Waals surface area contributed by atoms with Gasteiger partial charge in [0, 0.05) is 29.4 Å². The van der Waals surface area contributed by atoms with Crippen LogP contribution in [0, 0.1) is 0 Å². The van der Waals surface area contributed by atoms with E-state index in [0.29, 0.717) is 6.54 Å². The number of imidazole rings is 1. The molecule has 30 heavy (non-hydrogen) atoms. The first-order chi connectivity index (χ1) is 14.8. The van der Waals surface area contributed by atoms with E-state index in [1.54, 1.807) is 12.3 Å². The van der Waals surface area contributed by atoms with E-state index in [0.717, 1.165) is 44.6 Å². The molecule has 2 aromatic carbocycles. The van der Waals surface area contributed by atoms with E-state index in [4.69, 9.17) is 0 Å². The van der Waals surface area contributed by atoms with Crippen LogP contribution in [0.15, 0.2) is 79.1 Å². The van der Waals surface area contributed by atoms with Gasteiger partial charge in [-0.2, -0.15) is 0 Å². The number of H-pyrrole nitrogens is 2. The second-order valence-corrected chi connectivity index (χ2v) is 6.98. The molecule has 0 aliphatic rings. The number of nitrogens with one attached hydrogen (secondary N) is 3. The van der Waals surface area contributed by atoms with Gasteiger partial charge in [-0.15, -0.1) is 0 Å². The fourth-order valence-electron chi connectivity index (χ4n) is 3.46. The molecule has 3 heterocycles. The van der Waals surface area contributed by atoms with Crippen molar-refractivity contribution >= 4 is 34.1 Å². The second-order valence-electron chi connectivity index (χ2n) is 6.98. The molecule has 0 atom stereocenters. The third kappa shape index (κ3) is 3.58. The van der Waals surface area contributed by atoms with Gasteiger partial charge in [-0.05, 0) is 35.4 Å². The number of aromatic amines is 2. The Bertz CT molecular complexity index is 1330. The van der Waals surface area contributed by atoms with E-state index in [1.165, 1.54) is 6.08 Å². The van der Waals surface area contributed by atoms with Crippen LogP contribution in [-0.2, 0) is 11.3 Å². The molecule has 3 N–H and O–H groups in total. The number of carbonyl (C=O) groups is 1. The quantitative estimate of drug-likeness (QED) is 0.386. The number of pyridine rings is 1. The molecule has 0 saturated heterocycles. The highest BCUT2D eigenvalue weighted by atomic mass is 16.1. The highest BCUT2D eigenvalue weighted by Gasteiger charge is 2.07. The number of rotatable bonds is 5. The minimum Gasteiger partial charge on any atom is -0.346 e. The summed E-state index contributed by atoms with van der Waals surface area (Å²) in [6.07, 6.45) is 6.99. The van der Waals surface area contributed by atoms with Crippen molar-refractivity contribution in [3.63, 3.8) is 0 Å². The highest BCUT2D eigenvalue weighted by molar-refractivity contribution is 5.96. The zero-order valence-corrected chi connectivity index (χ0v) is 16.1. The molecular formula is C24H19N5O. The van der Waals surface area contributed by atoms with Crippen LogP contribution in [0.3, 0.4) is 0 Å². The number of nitrogens with zero attached hydrogens (tertiary/aromatic N) is 2. The number of para-hydroxylation sites is 2. The van der Waals surface area contributed by atoms with Gasteiger partial charge in [-0.25, -0.2) is 9.97 Å². The Labute approximate surface area is 172 Å².